The third-order valence-corrected chi connectivity index (χ3v) is 8.96. The minimum absolute atomic E-state index is 0.329. The summed E-state index contributed by atoms with van der Waals surface area (Å²) >= 11 is 1.44. The number of hydrogen-bond donors (Lipinski definition) is 4. The number of aliphatic hydroxyl groups is 2. The van der Waals surface area contributed by atoms with Crippen molar-refractivity contribution in [3.05, 3.63) is 64.0 Å². The summed E-state index contributed by atoms with van der Waals surface area (Å²) in [6, 6.07) is 7.34. The molecular formula is C27H31F12NO8S2W. The van der Waals surface area contributed by atoms with Gasteiger partial charge in [0.15, 0.2) is 11.2 Å². The molecule has 0 spiro atoms. The summed E-state index contributed by atoms with van der Waals surface area (Å²) in [4.78, 5) is 0. The number of aryl methyl sites for hydroxylation is 2. The molecule has 4 N–H and O–H groups in total. The summed E-state index contributed by atoms with van der Waals surface area (Å²) in [5.74, 6) is 0. The van der Waals surface area contributed by atoms with E-state index in [2.05, 4.69) is 30.3 Å². The van der Waals surface area contributed by atoms with Crippen LogP contribution < -0.4 is 0 Å². The predicted octanol–water partition coefficient (Wildman–Crippen LogP) is 8.51. The Bertz CT molecular complexity index is 1620. The van der Waals surface area contributed by atoms with Gasteiger partial charge < -0.3 is 15.5 Å². The van der Waals surface area contributed by atoms with Gasteiger partial charge in [0.05, 0.1) is 0 Å². The molecule has 0 fully saturated rings. The van der Waals surface area contributed by atoms with E-state index in [-0.39, 0.29) is 11.4 Å². The third kappa shape index (κ3) is 16.0. The van der Waals surface area contributed by atoms with Gasteiger partial charge >= 0.3 is 93.1 Å². The number of nitrogens with zero attached hydrogens (tertiary/aromatic N) is 1. The fourth-order valence-corrected chi connectivity index (χ4v) is 2.71. The van der Waals surface area contributed by atoms with Crippen molar-refractivity contribution in [2.45, 2.75) is 83.0 Å². The van der Waals surface area contributed by atoms with Gasteiger partial charge in [-0.15, -0.1) is 11.4 Å². The third-order valence-electron chi connectivity index (χ3n) is 5.59. The normalized spacial score (nSPS) is 15.2. The number of hydrogen-bond acceptors (Lipinski definition) is 6. The molecule has 51 heavy (non-hydrogen) atoms. The molecule has 2 atom stereocenters. The monoisotopic (exact) mass is 973 g/mol. The molecule has 0 amide bonds. The van der Waals surface area contributed by atoms with Gasteiger partial charge in [0.1, 0.15) is 0 Å². The van der Waals surface area contributed by atoms with Crippen LogP contribution >= 0.6 is 0 Å². The first-order valence-electron chi connectivity index (χ1n) is 13.0. The summed E-state index contributed by atoms with van der Waals surface area (Å²) in [7, 11) is -11.7. The molecule has 0 heterocycles. The Kier molecular flexibility index (Phi) is 17.1. The topological polar surface area (TPSA) is 163 Å². The first kappa shape index (κ1) is 50.7. The molecule has 0 aliphatic rings. The molecule has 0 aromatic heterocycles. The maximum absolute atomic E-state index is 13.4. The molecule has 0 saturated carbocycles. The van der Waals surface area contributed by atoms with E-state index in [1.54, 1.807) is 0 Å². The van der Waals surface area contributed by atoms with Crippen LogP contribution in [-0.4, -0.2) is 59.5 Å². The summed E-state index contributed by atoms with van der Waals surface area (Å²) in [5.41, 5.74) is -18.4. The molecule has 24 heteroatoms. The largest absolute Gasteiger partial charge is 0.657 e. The Morgan fingerprint density at radius 3 is 0.961 bits per heavy atom. The average Bonchev–Trinajstić information content (AvgIpc) is 2.87. The van der Waals surface area contributed by atoms with E-state index in [0.717, 1.165) is 12.1 Å². The molecule has 294 valence electrons. The number of halogens is 12. The minimum Gasteiger partial charge on any atom is -0.657 e. The van der Waals surface area contributed by atoms with E-state index in [0.29, 0.717) is 30.4 Å². The van der Waals surface area contributed by atoms with Crippen molar-refractivity contribution in [2.24, 2.45) is 5.41 Å². The van der Waals surface area contributed by atoms with Gasteiger partial charge in [-0.1, -0.05) is 47.5 Å². The van der Waals surface area contributed by atoms with Crippen molar-refractivity contribution >= 4 is 31.6 Å². The predicted molar refractivity (Wildman–Crippen MR) is 155 cm³/mol. The van der Waals surface area contributed by atoms with Crippen LogP contribution in [0.3, 0.4) is 0 Å². The standard InChI is InChI=1S/C20H20F6NO2.C5H9.2CHF3O3S.W/c1-11-5-7-15(13(9-11)17(3,28)19(21,22)23)27-16-8-6-12(2)10-14(16)18(4,29)20(24,25)26;1-5(2,3)4;2*2-1(3,4)8(5,6)7;/h5-10,28-29H,1-4H3;1-3H3;2*(H,5,6,7);/q-1;;;;+1/t17-,18+;;;;. The fraction of sp³-hybridized carbons (Fsp3) is 0.519. The molecule has 9 nitrogen and oxygen atoms in total. The van der Waals surface area contributed by atoms with Crippen LogP contribution in [0.4, 0.5) is 64.1 Å². The second-order valence-corrected chi connectivity index (χ2v) is 15.0. The average molecular weight is 973 g/mol. The van der Waals surface area contributed by atoms with Crippen LogP contribution in [0.25, 0.3) is 5.32 Å². The number of rotatable bonds is 4. The maximum Gasteiger partial charge on any atom is 0.522 e. The Balaban J connectivity index is 0. The van der Waals surface area contributed by atoms with Crippen LogP contribution in [0.15, 0.2) is 36.4 Å². The van der Waals surface area contributed by atoms with Crippen LogP contribution in [0, 0.1) is 23.5 Å². The Labute approximate surface area is 295 Å². The molecule has 0 unspecified atom stereocenters. The van der Waals surface area contributed by atoms with Crippen LogP contribution in [0.5, 0.6) is 0 Å². The second kappa shape index (κ2) is 17.2. The van der Waals surface area contributed by atoms with Gasteiger partial charge in [-0.05, 0) is 38.8 Å². The van der Waals surface area contributed by atoms with Gasteiger partial charge in [0.25, 0.3) is 0 Å². The second-order valence-electron chi connectivity index (χ2n) is 11.5. The smallest absolute Gasteiger partial charge is 0.522 e. The zero-order valence-electron chi connectivity index (χ0n) is 27.1. The Morgan fingerprint density at radius 1 is 0.588 bits per heavy atom. The number of alkyl halides is 12. The van der Waals surface area contributed by atoms with Gasteiger partial charge in [-0.25, -0.2) is 0 Å². The molecule has 0 aliphatic heterocycles. The zero-order chi connectivity index (χ0) is 41.6. The van der Waals surface area contributed by atoms with E-state index in [4.69, 9.17) is 25.9 Å². The quantitative estimate of drug-likeness (QED) is 0.135. The summed E-state index contributed by atoms with van der Waals surface area (Å²) < 4.78 is 198. The van der Waals surface area contributed by atoms with Crippen LogP contribution in [0.1, 0.15) is 56.9 Å². The molecule has 2 aromatic rings. The van der Waals surface area contributed by atoms with E-state index in [9.17, 15) is 62.9 Å². The van der Waals surface area contributed by atoms with Gasteiger partial charge in [-0.3, -0.25) is 9.11 Å². The van der Waals surface area contributed by atoms with Gasteiger partial charge in [0, 0.05) is 0 Å². The van der Waals surface area contributed by atoms with Crippen molar-refractivity contribution in [3.63, 3.8) is 0 Å². The van der Waals surface area contributed by atoms with E-state index < -0.39 is 65.9 Å². The fourth-order valence-electron chi connectivity index (χ4n) is 2.71. The first-order valence-corrected chi connectivity index (χ1v) is 17.4. The first-order chi connectivity index (χ1) is 22.0. The van der Waals surface area contributed by atoms with Gasteiger partial charge in [-0.2, -0.15) is 69.5 Å². The van der Waals surface area contributed by atoms with Crippen molar-refractivity contribution in [2.75, 3.05) is 0 Å². The molecule has 2 aromatic carbocycles. The van der Waals surface area contributed by atoms with E-state index >= 15 is 0 Å². The van der Waals surface area contributed by atoms with Crippen molar-refractivity contribution in [1.82, 2.24) is 0 Å². The molecular weight excluding hydrogens is 942 g/mol. The maximum atomic E-state index is 13.4. The molecule has 2 rings (SSSR count). The van der Waals surface area contributed by atoms with Crippen molar-refractivity contribution in [3.8, 4) is 4.20 Å². The van der Waals surface area contributed by atoms with Gasteiger partial charge in [0.2, 0.25) is 0 Å². The minimum atomic E-state index is -5.84. The molecule has 0 aliphatic carbocycles. The number of benzene rings is 2. The van der Waals surface area contributed by atoms with Crippen LogP contribution in [-0.2, 0) is 50.6 Å². The van der Waals surface area contributed by atoms with E-state index in [1.807, 2.05) is 0 Å². The summed E-state index contributed by atoms with van der Waals surface area (Å²) in [6.07, 6.45) is -10.1. The zero-order valence-corrected chi connectivity index (χ0v) is 31.7. The summed E-state index contributed by atoms with van der Waals surface area (Å²) in [6.45, 7) is 10.6. The van der Waals surface area contributed by atoms with Crippen LogP contribution in [0.2, 0.25) is 0 Å². The molecule has 0 saturated heterocycles. The van der Waals surface area contributed by atoms with Crippen molar-refractivity contribution in [1.29, 1.82) is 0 Å². The van der Waals surface area contributed by atoms with Crippen molar-refractivity contribution < 1.29 is 108 Å². The molecule has 0 radical (unpaired) electrons. The molecule has 0 bridgehead atoms. The summed E-state index contributed by atoms with van der Waals surface area (Å²) in [5, 5.41) is 24.2. The Hall–Kier alpha value is -2.39. The SMILES string of the molecule is CC(C)(C)[C]#[W+].Cc1ccc([N-]c2ccc(C)cc2[C@@](C)(O)C(F)(F)F)c([C@](C)(O)C(F)(F)F)c1.O=S(=O)(O)C(F)(F)F.O=S(=O)(O)C(F)(F)F. The van der Waals surface area contributed by atoms with E-state index in [1.165, 1.54) is 57.3 Å². The Morgan fingerprint density at radius 2 is 0.804 bits per heavy atom.